The molecular formula is C12H16BrN. The minimum absolute atomic E-state index is 0.200. The summed E-state index contributed by atoms with van der Waals surface area (Å²) in [5.41, 5.74) is 7.39. The fourth-order valence-corrected chi connectivity index (χ4v) is 2.33. The van der Waals surface area contributed by atoms with Gasteiger partial charge in [0.1, 0.15) is 0 Å². The van der Waals surface area contributed by atoms with Crippen molar-refractivity contribution in [1.29, 1.82) is 0 Å². The normalized spacial score (nSPS) is 18.1. The van der Waals surface area contributed by atoms with Crippen molar-refractivity contribution in [2.45, 2.75) is 31.7 Å². The minimum Gasteiger partial charge on any atom is -0.324 e. The Labute approximate surface area is 93.8 Å². The molecule has 1 atom stereocenters. The molecule has 1 aromatic rings. The van der Waals surface area contributed by atoms with Crippen LogP contribution in [0, 0.1) is 5.92 Å². The van der Waals surface area contributed by atoms with Gasteiger partial charge in [0.2, 0.25) is 0 Å². The van der Waals surface area contributed by atoms with Crippen LogP contribution in [0.25, 0.3) is 0 Å². The molecule has 2 N–H and O–H groups in total. The van der Waals surface area contributed by atoms with Gasteiger partial charge in [0.15, 0.2) is 0 Å². The Morgan fingerprint density at radius 2 is 2.07 bits per heavy atom. The SMILES string of the molecule is NC(CCC1CC1)c1ccccc1Br. The van der Waals surface area contributed by atoms with Gasteiger partial charge in [-0.15, -0.1) is 0 Å². The van der Waals surface area contributed by atoms with Crippen LogP contribution in [0.15, 0.2) is 28.7 Å². The van der Waals surface area contributed by atoms with Gasteiger partial charge in [-0.3, -0.25) is 0 Å². The first-order valence-electron chi connectivity index (χ1n) is 5.27. The van der Waals surface area contributed by atoms with E-state index < -0.39 is 0 Å². The summed E-state index contributed by atoms with van der Waals surface area (Å²) in [5, 5.41) is 0. The van der Waals surface area contributed by atoms with Crippen molar-refractivity contribution in [2.24, 2.45) is 11.7 Å². The lowest BCUT2D eigenvalue weighted by Gasteiger charge is -2.13. The molecule has 0 radical (unpaired) electrons. The fraction of sp³-hybridized carbons (Fsp3) is 0.500. The van der Waals surface area contributed by atoms with Crippen molar-refractivity contribution in [3.63, 3.8) is 0 Å². The maximum Gasteiger partial charge on any atom is 0.0306 e. The number of benzene rings is 1. The Morgan fingerprint density at radius 3 is 2.71 bits per heavy atom. The van der Waals surface area contributed by atoms with Crippen molar-refractivity contribution in [1.82, 2.24) is 0 Å². The molecule has 14 heavy (non-hydrogen) atoms. The van der Waals surface area contributed by atoms with E-state index in [0.29, 0.717) is 0 Å². The smallest absolute Gasteiger partial charge is 0.0306 e. The van der Waals surface area contributed by atoms with E-state index in [1.54, 1.807) is 0 Å². The third-order valence-corrected chi connectivity index (χ3v) is 3.61. The molecular weight excluding hydrogens is 238 g/mol. The van der Waals surface area contributed by atoms with Crippen molar-refractivity contribution in [2.75, 3.05) is 0 Å². The first-order chi connectivity index (χ1) is 6.77. The van der Waals surface area contributed by atoms with E-state index in [1.165, 1.54) is 24.8 Å². The average molecular weight is 254 g/mol. The third kappa shape index (κ3) is 2.58. The molecule has 1 saturated carbocycles. The van der Waals surface area contributed by atoms with Crippen molar-refractivity contribution < 1.29 is 0 Å². The molecule has 0 aromatic heterocycles. The number of hydrogen-bond acceptors (Lipinski definition) is 1. The van der Waals surface area contributed by atoms with Crippen LogP contribution < -0.4 is 5.73 Å². The molecule has 1 aromatic carbocycles. The van der Waals surface area contributed by atoms with Gasteiger partial charge in [0, 0.05) is 10.5 Å². The molecule has 0 heterocycles. The molecule has 0 bridgehead atoms. The third-order valence-electron chi connectivity index (χ3n) is 2.89. The standard InChI is InChI=1S/C12H16BrN/c13-11-4-2-1-3-10(11)12(14)8-7-9-5-6-9/h1-4,9,12H,5-8,14H2. The summed E-state index contributed by atoms with van der Waals surface area (Å²) in [6.07, 6.45) is 5.25. The van der Waals surface area contributed by atoms with Gasteiger partial charge in [-0.2, -0.15) is 0 Å². The van der Waals surface area contributed by atoms with Gasteiger partial charge in [0.05, 0.1) is 0 Å². The Balaban J connectivity index is 1.95. The summed E-state index contributed by atoms with van der Waals surface area (Å²) in [5.74, 6) is 0.975. The van der Waals surface area contributed by atoms with Crippen LogP contribution in [0.4, 0.5) is 0 Å². The van der Waals surface area contributed by atoms with Gasteiger partial charge >= 0.3 is 0 Å². The topological polar surface area (TPSA) is 26.0 Å². The van der Waals surface area contributed by atoms with Crippen molar-refractivity contribution in [3.8, 4) is 0 Å². The van der Waals surface area contributed by atoms with E-state index >= 15 is 0 Å². The largest absolute Gasteiger partial charge is 0.324 e. The maximum absolute atomic E-state index is 6.14. The van der Waals surface area contributed by atoms with Gasteiger partial charge in [0.25, 0.3) is 0 Å². The van der Waals surface area contributed by atoms with E-state index in [0.717, 1.165) is 16.8 Å². The second kappa shape index (κ2) is 4.45. The van der Waals surface area contributed by atoms with E-state index in [1.807, 2.05) is 6.07 Å². The minimum atomic E-state index is 0.200. The molecule has 2 heteroatoms. The number of rotatable bonds is 4. The van der Waals surface area contributed by atoms with Crippen LogP contribution in [-0.4, -0.2) is 0 Å². The molecule has 1 aliphatic rings. The van der Waals surface area contributed by atoms with Crippen LogP contribution in [0.3, 0.4) is 0 Å². The summed E-state index contributed by atoms with van der Waals surface area (Å²) in [7, 11) is 0. The quantitative estimate of drug-likeness (QED) is 0.872. The van der Waals surface area contributed by atoms with Crippen LogP contribution in [-0.2, 0) is 0 Å². The predicted octanol–water partition coefficient (Wildman–Crippen LogP) is 3.64. The zero-order chi connectivity index (χ0) is 9.97. The zero-order valence-corrected chi connectivity index (χ0v) is 9.83. The Hall–Kier alpha value is -0.340. The molecule has 1 unspecified atom stereocenters. The van der Waals surface area contributed by atoms with Crippen molar-refractivity contribution in [3.05, 3.63) is 34.3 Å². The fourth-order valence-electron chi connectivity index (χ4n) is 1.75. The highest BCUT2D eigenvalue weighted by atomic mass is 79.9. The summed E-state index contributed by atoms with van der Waals surface area (Å²) < 4.78 is 1.14. The van der Waals surface area contributed by atoms with Gasteiger partial charge in [-0.05, 0) is 30.4 Å². The number of halogens is 1. The van der Waals surface area contributed by atoms with Crippen LogP contribution in [0.2, 0.25) is 0 Å². The monoisotopic (exact) mass is 253 g/mol. The summed E-state index contributed by atoms with van der Waals surface area (Å²) in [4.78, 5) is 0. The highest BCUT2D eigenvalue weighted by Crippen LogP contribution is 2.36. The van der Waals surface area contributed by atoms with Gasteiger partial charge in [-0.25, -0.2) is 0 Å². The summed E-state index contributed by atoms with van der Waals surface area (Å²) in [6, 6.07) is 8.46. The Kier molecular flexibility index (Phi) is 3.24. The molecule has 2 rings (SSSR count). The van der Waals surface area contributed by atoms with Gasteiger partial charge in [-0.1, -0.05) is 47.0 Å². The van der Waals surface area contributed by atoms with E-state index in [4.69, 9.17) is 5.73 Å². The molecule has 1 nitrogen and oxygen atoms in total. The Bertz CT molecular complexity index is 307. The van der Waals surface area contributed by atoms with E-state index in [-0.39, 0.29) is 6.04 Å². The highest BCUT2D eigenvalue weighted by Gasteiger charge is 2.22. The molecule has 1 aliphatic carbocycles. The summed E-state index contributed by atoms with van der Waals surface area (Å²) in [6.45, 7) is 0. The number of hydrogen-bond donors (Lipinski definition) is 1. The number of nitrogens with two attached hydrogens (primary N) is 1. The van der Waals surface area contributed by atoms with E-state index in [9.17, 15) is 0 Å². The van der Waals surface area contributed by atoms with Gasteiger partial charge < -0.3 is 5.73 Å². The molecule has 1 fully saturated rings. The average Bonchev–Trinajstić information content (AvgIpc) is 2.98. The second-order valence-electron chi connectivity index (χ2n) is 4.15. The van der Waals surface area contributed by atoms with Crippen LogP contribution in [0.1, 0.15) is 37.3 Å². The van der Waals surface area contributed by atoms with E-state index in [2.05, 4.69) is 34.1 Å². The summed E-state index contributed by atoms with van der Waals surface area (Å²) >= 11 is 3.54. The zero-order valence-electron chi connectivity index (χ0n) is 8.25. The molecule has 0 amide bonds. The predicted molar refractivity (Wildman–Crippen MR) is 63.0 cm³/mol. The molecule has 0 spiro atoms. The lowest BCUT2D eigenvalue weighted by Crippen LogP contribution is -2.10. The first-order valence-corrected chi connectivity index (χ1v) is 6.06. The lowest BCUT2D eigenvalue weighted by atomic mass is 10.0. The molecule has 0 saturated heterocycles. The molecule has 76 valence electrons. The second-order valence-corrected chi connectivity index (χ2v) is 5.00. The lowest BCUT2D eigenvalue weighted by molar-refractivity contribution is 0.574. The maximum atomic E-state index is 6.14. The first kappa shape index (κ1) is 10.2. The van der Waals surface area contributed by atoms with Crippen molar-refractivity contribution >= 4 is 15.9 Å². The van der Waals surface area contributed by atoms with Crippen LogP contribution in [0.5, 0.6) is 0 Å². The Morgan fingerprint density at radius 1 is 1.36 bits per heavy atom. The molecule has 0 aliphatic heterocycles. The highest BCUT2D eigenvalue weighted by molar-refractivity contribution is 9.10. The van der Waals surface area contributed by atoms with Crippen LogP contribution >= 0.6 is 15.9 Å².